The van der Waals surface area contributed by atoms with Gasteiger partial charge in [-0.05, 0) is 28.0 Å². The van der Waals surface area contributed by atoms with E-state index in [1.807, 2.05) is 48.5 Å². The third-order valence-electron chi connectivity index (χ3n) is 3.81. The predicted octanol–water partition coefficient (Wildman–Crippen LogP) is 1.82. The second-order valence-electron chi connectivity index (χ2n) is 5.52. The highest BCUT2D eigenvalue weighted by Gasteiger charge is 2.21. The fourth-order valence-electron chi connectivity index (χ4n) is 2.55. The summed E-state index contributed by atoms with van der Waals surface area (Å²) in [6.07, 6.45) is 2.81. The van der Waals surface area contributed by atoms with Crippen LogP contribution in [0.15, 0.2) is 67.0 Å². The van der Waals surface area contributed by atoms with Crippen molar-refractivity contribution in [3.63, 3.8) is 0 Å². The molecule has 1 atom stereocenters. The van der Waals surface area contributed by atoms with Gasteiger partial charge in [0.2, 0.25) is 5.91 Å². The molecule has 122 valence electrons. The van der Waals surface area contributed by atoms with Gasteiger partial charge in [-0.1, -0.05) is 60.7 Å². The van der Waals surface area contributed by atoms with Crippen molar-refractivity contribution in [2.24, 2.45) is 0 Å². The molecular weight excluding hydrogens is 302 g/mol. The largest absolute Gasteiger partial charge is 0.354 e. The summed E-state index contributed by atoms with van der Waals surface area (Å²) < 4.78 is 1.50. The lowest BCUT2D eigenvalue weighted by Gasteiger charge is -2.16. The van der Waals surface area contributed by atoms with Gasteiger partial charge in [0, 0.05) is 13.0 Å². The Morgan fingerprint density at radius 3 is 2.29 bits per heavy atom. The zero-order valence-electron chi connectivity index (χ0n) is 13.2. The zero-order chi connectivity index (χ0) is 16.6. The lowest BCUT2D eigenvalue weighted by molar-refractivity contribution is -0.124. The first kappa shape index (κ1) is 15.9. The molecule has 1 N–H and O–H groups in total. The number of rotatable bonds is 7. The Labute approximate surface area is 140 Å². The van der Waals surface area contributed by atoms with Crippen molar-refractivity contribution in [2.45, 2.75) is 18.9 Å². The van der Waals surface area contributed by atoms with E-state index in [4.69, 9.17) is 0 Å². The molecule has 6 heteroatoms. The van der Waals surface area contributed by atoms with Crippen LogP contribution in [0.4, 0.5) is 0 Å². The first-order valence-corrected chi connectivity index (χ1v) is 7.91. The quantitative estimate of drug-likeness (QED) is 0.720. The Bertz CT molecular complexity index is 744. The molecule has 1 amide bonds. The van der Waals surface area contributed by atoms with E-state index in [1.54, 1.807) is 0 Å². The summed E-state index contributed by atoms with van der Waals surface area (Å²) in [6, 6.07) is 19.5. The van der Waals surface area contributed by atoms with E-state index in [-0.39, 0.29) is 5.91 Å². The number of nitrogens with one attached hydrogen (secondary N) is 1. The molecule has 3 aromatic rings. The van der Waals surface area contributed by atoms with Crippen molar-refractivity contribution in [2.75, 3.05) is 6.54 Å². The third-order valence-corrected chi connectivity index (χ3v) is 3.81. The molecule has 1 heterocycles. The molecule has 0 aliphatic rings. The summed E-state index contributed by atoms with van der Waals surface area (Å²) in [5.74, 6) is -0.0814. The van der Waals surface area contributed by atoms with E-state index in [0.29, 0.717) is 13.0 Å². The van der Waals surface area contributed by atoms with Crippen LogP contribution in [-0.2, 0) is 17.6 Å². The monoisotopic (exact) mass is 321 g/mol. The molecule has 0 bridgehead atoms. The fourth-order valence-corrected chi connectivity index (χ4v) is 2.55. The zero-order valence-corrected chi connectivity index (χ0v) is 13.2. The highest BCUT2D eigenvalue weighted by Crippen LogP contribution is 2.13. The van der Waals surface area contributed by atoms with Crippen LogP contribution < -0.4 is 5.32 Å². The molecule has 2 aromatic carbocycles. The Kier molecular flexibility index (Phi) is 5.29. The van der Waals surface area contributed by atoms with E-state index >= 15 is 0 Å². The normalized spacial score (nSPS) is 11.8. The molecule has 0 saturated carbocycles. The summed E-state index contributed by atoms with van der Waals surface area (Å²) in [5, 5.41) is 14.2. The molecule has 3 rings (SSSR count). The Hall–Kier alpha value is -3.02. The highest BCUT2D eigenvalue weighted by molar-refractivity contribution is 5.80. The summed E-state index contributed by atoms with van der Waals surface area (Å²) in [5.41, 5.74) is 2.26. The van der Waals surface area contributed by atoms with Gasteiger partial charge >= 0.3 is 0 Å². The lowest BCUT2D eigenvalue weighted by atomic mass is 10.1. The van der Waals surface area contributed by atoms with Crippen LogP contribution in [0, 0.1) is 0 Å². The summed E-state index contributed by atoms with van der Waals surface area (Å²) >= 11 is 0. The van der Waals surface area contributed by atoms with Crippen molar-refractivity contribution < 1.29 is 4.79 Å². The van der Waals surface area contributed by atoms with Crippen LogP contribution in [0.2, 0.25) is 0 Å². The second kappa shape index (κ2) is 8.01. The minimum atomic E-state index is -0.460. The van der Waals surface area contributed by atoms with E-state index < -0.39 is 6.04 Å². The van der Waals surface area contributed by atoms with E-state index in [0.717, 1.165) is 12.0 Å². The number of hydrogen-bond donors (Lipinski definition) is 1. The number of nitrogens with zero attached hydrogens (tertiary/aromatic N) is 4. The average Bonchev–Trinajstić information content (AvgIpc) is 3.16. The van der Waals surface area contributed by atoms with Gasteiger partial charge in [-0.15, -0.1) is 5.10 Å². The molecule has 0 saturated heterocycles. The molecule has 0 spiro atoms. The van der Waals surface area contributed by atoms with E-state index in [9.17, 15) is 4.79 Å². The van der Waals surface area contributed by atoms with Crippen LogP contribution in [0.3, 0.4) is 0 Å². The van der Waals surface area contributed by atoms with Crippen LogP contribution in [0.25, 0.3) is 0 Å². The number of tetrazole rings is 1. The van der Waals surface area contributed by atoms with Crippen LogP contribution in [-0.4, -0.2) is 32.7 Å². The van der Waals surface area contributed by atoms with Crippen LogP contribution >= 0.6 is 0 Å². The first-order valence-electron chi connectivity index (χ1n) is 7.91. The molecule has 0 aliphatic heterocycles. The Morgan fingerprint density at radius 2 is 1.67 bits per heavy atom. The Balaban J connectivity index is 1.63. The lowest BCUT2D eigenvalue weighted by Crippen LogP contribution is -2.35. The standard InChI is InChI=1S/C18H19N5O/c24-18(19-12-11-15-7-3-1-4-8-15)17(23-14-20-21-22-23)13-16-9-5-2-6-10-16/h1-10,14,17H,11-13H2,(H,19,24). The molecular formula is C18H19N5O. The maximum absolute atomic E-state index is 12.6. The number of aromatic nitrogens is 4. The molecule has 1 aromatic heterocycles. The molecule has 0 fully saturated rings. The van der Waals surface area contributed by atoms with Gasteiger partial charge in [0.1, 0.15) is 12.4 Å². The number of hydrogen-bond acceptors (Lipinski definition) is 4. The number of carbonyl (C=O) groups excluding carboxylic acids is 1. The molecule has 0 aliphatic carbocycles. The molecule has 24 heavy (non-hydrogen) atoms. The van der Waals surface area contributed by atoms with Crippen molar-refractivity contribution in [3.05, 3.63) is 78.1 Å². The van der Waals surface area contributed by atoms with Crippen molar-refractivity contribution in [3.8, 4) is 0 Å². The van der Waals surface area contributed by atoms with Crippen molar-refractivity contribution in [1.29, 1.82) is 0 Å². The van der Waals surface area contributed by atoms with Crippen LogP contribution in [0.5, 0.6) is 0 Å². The summed E-state index contributed by atoms with van der Waals surface area (Å²) in [6.45, 7) is 0.580. The topological polar surface area (TPSA) is 72.7 Å². The number of carbonyl (C=O) groups is 1. The number of benzene rings is 2. The number of amides is 1. The average molecular weight is 321 g/mol. The Morgan fingerprint density at radius 1 is 1.00 bits per heavy atom. The van der Waals surface area contributed by atoms with Gasteiger partial charge in [-0.25, -0.2) is 4.68 Å². The molecule has 6 nitrogen and oxygen atoms in total. The smallest absolute Gasteiger partial charge is 0.245 e. The summed E-state index contributed by atoms with van der Waals surface area (Å²) in [7, 11) is 0. The van der Waals surface area contributed by atoms with Crippen LogP contribution in [0.1, 0.15) is 17.2 Å². The van der Waals surface area contributed by atoms with Crippen molar-refractivity contribution in [1.82, 2.24) is 25.5 Å². The predicted molar refractivity (Wildman–Crippen MR) is 90.2 cm³/mol. The third kappa shape index (κ3) is 4.25. The van der Waals surface area contributed by atoms with E-state index in [1.165, 1.54) is 16.6 Å². The fraction of sp³-hybridized carbons (Fsp3) is 0.222. The van der Waals surface area contributed by atoms with E-state index in [2.05, 4.69) is 33.0 Å². The first-order chi connectivity index (χ1) is 11.8. The van der Waals surface area contributed by atoms with Crippen molar-refractivity contribution >= 4 is 5.91 Å². The minimum Gasteiger partial charge on any atom is -0.354 e. The highest BCUT2D eigenvalue weighted by atomic mass is 16.2. The van der Waals surface area contributed by atoms with Gasteiger partial charge in [0.25, 0.3) is 0 Å². The van der Waals surface area contributed by atoms with Gasteiger partial charge in [0.05, 0.1) is 0 Å². The summed E-state index contributed by atoms with van der Waals surface area (Å²) in [4.78, 5) is 12.6. The van der Waals surface area contributed by atoms with Gasteiger partial charge in [-0.2, -0.15) is 0 Å². The maximum atomic E-state index is 12.6. The SMILES string of the molecule is O=C(NCCc1ccccc1)C(Cc1ccccc1)n1cnnn1. The maximum Gasteiger partial charge on any atom is 0.245 e. The second-order valence-corrected chi connectivity index (χ2v) is 5.52. The van der Waals surface area contributed by atoms with Gasteiger partial charge in [-0.3, -0.25) is 4.79 Å². The molecule has 0 radical (unpaired) electrons. The molecule has 1 unspecified atom stereocenters. The van der Waals surface area contributed by atoms with Gasteiger partial charge < -0.3 is 5.32 Å². The minimum absolute atomic E-state index is 0.0814. The van der Waals surface area contributed by atoms with Gasteiger partial charge in [0.15, 0.2) is 0 Å².